The maximum absolute atomic E-state index is 13.4. The average Bonchev–Trinajstić information content (AvgIpc) is 2.38. The van der Waals surface area contributed by atoms with Gasteiger partial charge >= 0.3 is 0 Å². The molecule has 2 rings (SSSR count). The van der Waals surface area contributed by atoms with Crippen molar-refractivity contribution in [1.82, 2.24) is 10.2 Å². The van der Waals surface area contributed by atoms with Crippen molar-refractivity contribution in [2.24, 2.45) is 0 Å². The maximum Gasteiger partial charge on any atom is 0.127 e. The largest absolute Gasteiger partial charge is 0.309 e. The number of likely N-dealkylation sites (N-methyl/N-ethyl adjacent to an activating group) is 1. The molecule has 0 radical (unpaired) electrons. The molecule has 94 valence electrons. The van der Waals surface area contributed by atoms with E-state index < -0.39 is 0 Å². The first kappa shape index (κ1) is 12.5. The molecule has 3 heteroatoms. The second-order valence-electron chi connectivity index (χ2n) is 4.70. The predicted molar refractivity (Wildman–Crippen MR) is 68.4 cm³/mol. The van der Waals surface area contributed by atoms with Gasteiger partial charge in [0.25, 0.3) is 0 Å². The van der Waals surface area contributed by atoms with Crippen LogP contribution in [0.2, 0.25) is 0 Å². The van der Waals surface area contributed by atoms with Crippen molar-refractivity contribution < 1.29 is 4.39 Å². The third kappa shape index (κ3) is 3.51. The van der Waals surface area contributed by atoms with E-state index in [0.29, 0.717) is 12.6 Å². The zero-order valence-corrected chi connectivity index (χ0v) is 10.5. The van der Waals surface area contributed by atoms with Gasteiger partial charge in [0, 0.05) is 24.7 Å². The molecule has 0 amide bonds. The minimum atomic E-state index is -0.108. The van der Waals surface area contributed by atoms with E-state index in [9.17, 15) is 4.39 Å². The van der Waals surface area contributed by atoms with Gasteiger partial charge in [0.15, 0.2) is 0 Å². The van der Waals surface area contributed by atoms with Gasteiger partial charge in [-0.2, -0.15) is 0 Å². The van der Waals surface area contributed by atoms with Gasteiger partial charge in [-0.25, -0.2) is 4.39 Å². The third-order valence-electron chi connectivity index (χ3n) is 3.49. The van der Waals surface area contributed by atoms with E-state index in [1.54, 1.807) is 6.07 Å². The quantitative estimate of drug-likeness (QED) is 0.863. The van der Waals surface area contributed by atoms with Crippen LogP contribution in [0.25, 0.3) is 0 Å². The minimum absolute atomic E-state index is 0.108. The van der Waals surface area contributed by atoms with Crippen molar-refractivity contribution in [3.63, 3.8) is 0 Å². The van der Waals surface area contributed by atoms with Crippen LogP contribution in [0.1, 0.15) is 25.3 Å². The van der Waals surface area contributed by atoms with Crippen molar-refractivity contribution in [2.75, 3.05) is 19.6 Å². The highest BCUT2D eigenvalue weighted by atomic mass is 19.1. The average molecular weight is 236 g/mol. The molecule has 0 saturated carbocycles. The van der Waals surface area contributed by atoms with Gasteiger partial charge in [-0.3, -0.25) is 0 Å². The number of hydrogen-bond acceptors (Lipinski definition) is 2. The monoisotopic (exact) mass is 236 g/mol. The van der Waals surface area contributed by atoms with Gasteiger partial charge in [-0.15, -0.1) is 0 Å². The zero-order valence-electron chi connectivity index (χ0n) is 10.5. The number of piperidine rings is 1. The Morgan fingerprint density at radius 3 is 3.00 bits per heavy atom. The lowest BCUT2D eigenvalue weighted by Crippen LogP contribution is -2.45. The van der Waals surface area contributed by atoms with Crippen LogP contribution >= 0.6 is 0 Å². The van der Waals surface area contributed by atoms with Crippen LogP contribution in [-0.4, -0.2) is 30.6 Å². The summed E-state index contributed by atoms with van der Waals surface area (Å²) in [6.07, 6.45) is 2.44. The summed E-state index contributed by atoms with van der Waals surface area (Å²) >= 11 is 0. The molecule has 1 heterocycles. The Kier molecular flexibility index (Phi) is 4.51. The van der Waals surface area contributed by atoms with Gasteiger partial charge < -0.3 is 10.2 Å². The second-order valence-corrected chi connectivity index (χ2v) is 4.70. The first-order valence-corrected chi connectivity index (χ1v) is 6.48. The molecule has 1 N–H and O–H groups in total. The summed E-state index contributed by atoms with van der Waals surface area (Å²) in [7, 11) is 0. The minimum Gasteiger partial charge on any atom is -0.309 e. The Hall–Kier alpha value is -0.930. The molecular formula is C14H21FN2. The SMILES string of the molecule is CCN1CCCC(NCc2ccccc2F)C1. The van der Waals surface area contributed by atoms with Crippen LogP contribution in [-0.2, 0) is 6.54 Å². The van der Waals surface area contributed by atoms with Gasteiger partial charge in [0.05, 0.1) is 0 Å². The summed E-state index contributed by atoms with van der Waals surface area (Å²) < 4.78 is 13.4. The van der Waals surface area contributed by atoms with Crippen LogP contribution in [0.5, 0.6) is 0 Å². The summed E-state index contributed by atoms with van der Waals surface area (Å²) in [6.45, 7) is 6.23. The molecule has 1 aromatic carbocycles. The molecule has 0 aliphatic carbocycles. The van der Waals surface area contributed by atoms with Crippen molar-refractivity contribution in [3.05, 3.63) is 35.6 Å². The molecule has 0 aromatic heterocycles. The number of likely N-dealkylation sites (tertiary alicyclic amines) is 1. The summed E-state index contributed by atoms with van der Waals surface area (Å²) in [5.74, 6) is -0.108. The lowest BCUT2D eigenvalue weighted by molar-refractivity contribution is 0.198. The first-order valence-electron chi connectivity index (χ1n) is 6.48. The van der Waals surface area contributed by atoms with Crippen molar-refractivity contribution >= 4 is 0 Å². The van der Waals surface area contributed by atoms with E-state index in [0.717, 1.165) is 18.7 Å². The van der Waals surface area contributed by atoms with Crippen molar-refractivity contribution in [2.45, 2.75) is 32.4 Å². The van der Waals surface area contributed by atoms with E-state index in [1.165, 1.54) is 25.5 Å². The van der Waals surface area contributed by atoms with E-state index in [1.807, 2.05) is 12.1 Å². The highest BCUT2D eigenvalue weighted by molar-refractivity contribution is 5.17. The Morgan fingerprint density at radius 1 is 1.41 bits per heavy atom. The van der Waals surface area contributed by atoms with Gasteiger partial charge in [0.1, 0.15) is 5.82 Å². The van der Waals surface area contributed by atoms with Crippen LogP contribution in [0, 0.1) is 5.82 Å². The Balaban J connectivity index is 1.84. The van der Waals surface area contributed by atoms with E-state index in [2.05, 4.69) is 17.1 Å². The molecule has 1 aliphatic rings. The molecule has 1 aliphatic heterocycles. The van der Waals surface area contributed by atoms with Crippen molar-refractivity contribution in [3.8, 4) is 0 Å². The van der Waals surface area contributed by atoms with Crippen LogP contribution < -0.4 is 5.32 Å². The number of nitrogens with one attached hydrogen (secondary N) is 1. The second kappa shape index (κ2) is 6.12. The fourth-order valence-electron chi connectivity index (χ4n) is 2.41. The van der Waals surface area contributed by atoms with Crippen LogP contribution in [0.3, 0.4) is 0 Å². The lowest BCUT2D eigenvalue weighted by Gasteiger charge is -2.32. The highest BCUT2D eigenvalue weighted by Gasteiger charge is 2.18. The maximum atomic E-state index is 13.4. The highest BCUT2D eigenvalue weighted by Crippen LogP contribution is 2.11. The van der Waals surface area contributed by atoms with E-state index in [-0.39, 0.29) is 5.82 Å². The molecule has 1 aromatic rings. The Labute approximate surface area is 103 Å². The number of rotatable bonds is 4. The smallest absolute Gasteiger partial charge is 0.127 e. The van der Waals surface area contributed by atoms with Crippen LogP contribution in [0.15, 0.2) is 24.3 Å². The molecule has 17 heavy (non-hydrogen) atoms. The standard InChI is InChI=1S/C14H21FN2/c1-2-17-9-5-7-13(11-17)16-10-12-6-3-4-8-14(12)15/h3-4,6,8,13,16H,2,5,7,9-11H2,1H3. The number of hydrogen-bond donors (Lipinski definition) is 1. The van der Waals surface area contributed by atoms with Crippen molar-refractivity contribution in [1.29, 1.82) is 0 Å². The molecule has 2 nitrogen and oxygen atoms in total. The fourth-order valence-corrected chi connectivity index (χ4v) is 2.41. The molecular weight excluding hydrogens is 215 g/mol. The molecule has 1 saturated heterocycles. The number of benzene rings is 1. The van der Waals surface area contributed by atoms with E-state index in [4.69, 9.17) is 0 Å². The summed E-state index contributed by atoms with van der Waals surface area (Å²) in [6, 6.07) is 7.50. The number of halogens is 1. The van der Waals surface area contributed by atoms with E-state index >= 15 is 0 Å². The fraction of sp³-hybridized carbons (Fsp3) is 0.571. The first-order chi connectivity index (χ1) is 8.29. The summed E-state index contributed by atoms with van der Waals surface area (Å²) in [5, 5.41) is 3.46. The Morgan fingerprint density at radius 2 is 2.24 bits per heavy atom. The number of nitrogens with zero attached hydrogens (tertiary/aromatic N) is 1. The normalized spacial score (nSPS) is 21.6. The summed E-state index contributed by atoms with van der Waals surface area (Å²) in [4.78, 5) is 2.45. The molecule has 0 bridgehead atoms. The van der Waals surface area contributed by atoms with Gasteiger partial charge in [0.2, 0.25) is 0 Å². The molecule has 0 spiro atoms. The Bertz CT molecular complexity index is 354. The third-order valence-corrected chi connectivity index (χ3v) is 3.49. The van der Waals surface area contributed by atoms with Gasteiger partial charge in [-0.1, -0.05) is 25.1 Å². The molecule has 1 fully saturated rings. The van der Waals surface area contributed by atoms with Gasteiger partial charge in [-0.05, 0) is 32.0 Å². The summed E-state index contributed by atoms with van der Waals surface area (Å²) in [5.41, 5.74) is 0.765. The zero-order chi connectivity index (χ0) is 12.1. The molecule has 1 unspecified atom stereocenters. The predicted octanol–water partition coefficient (Wildman–Crippen LogP) is 2.40. The topological polar surface area (TPSA) is 15.3 Å². The lowest BCUT2D eigenvalue weighted by atomic mass is 10.1. The molecule has 1 atom stereocenters. The van der Waals surface area contributed by atoms with Crippen LogP contribution in [0.4, 0.5) is 4.39 Å².